The molecule has 0 aromatic heterocycles. The second-order valence-electron chi connectivity index (χ2n) is 6.00. The molecule has 1 atom stereocenters. The molecule has 2 heterocycles. The minimum absolute atomic E-state index is 0.0222. The van der Waals surface area contributed by atoms with Gasteiger partial charge in [0, 0.05) is 32.6 Å². The third-order valence-electron chi connectivity index (χ3n) is 4.44. The van der Waals surface area contributed by atoms with E-state index < -0.39 is 0 Å². The molecular formula is C17H22N2O5. The molecule has 2 amide bonds. The van der Waals surface area contributed by atoms with Crippen LogP contribution in [0.3, 0.4) is 0 Å². The Morgan fingerprint density at radius 3 is 2.92 bits per heavy atom. The van der Waals surface area contributed by atoms with Crippen molar-refractivity contribution in [3.8, 4) is 11.5 Å². The molecule has 1 N–H and O–H groups in total. The Hall–Kier alpha value is -2.28. The number of fused-ring (bicyclic) bond motifs is 1. The highest BCUT2D eigenvalue weighted by molar-refractivity contribution is 5.89. The molecule has 1 fully saturated rings. The molecule has 1 saturated heterocycles. The minimum atomic E-state index is -0.335. The molecule has 1 aromatic carbocycles. The fraction of sp³-hybridized carbons (Fsp3) is 0.529. The first-order valence-electron chi connectivity index (χ1n) is 8.18. The molecule has 0 saturated carbocycles. The molecular weight excluding hydrogens is 312 g/mol. The lowest BCUT2D eigenvalue weighted by molar-refractivity contribution is -0.136. The van der Waals surface area contributed by atoms with Crippen LogP contribution in [-0.4, -0.2) is 59.8 Å². The number of nitrogens with zero attached hydrogens (tertiary/aromatic N) is 2. The van der Waals surface area contributed by atoms with Crippen molar-refractivity contribution in [3.05, 3.63) is 23.8 Å². The van der Waals surface area contributed by atoms with Crippen molar-refractivity contribution in [1.82, 2.24) is 9.80 Å². The van der Waals surface area contributed by atoms with Crippen molar-refractivity contribution < 1.29 is 24.2 Å². The van der Waals surface area contributed by atoms with E-state index in [0.717, 1.165) is 5.56 Å². The first-order valence-corrected chi connectivity index (χ1v) is 8.18. The van der Waals surface area contributed by atoms with Gasteiger partial charge in [0.25, 0.3) is 0 Å². The zero-order valence-corrected chi connectivity index (χ0v) is 13.7. The number of carbonyl (C=O) groups excluding carboxylic acids is 2. The topological polar surface area (TPSA) is 79.3 Å². The predicted octanol–water partition coefficient (Wildman–Crippen LogP) is 0.605. The summed E-state index contributed by atoms with van der Waals surface area (Å²) in [6.45, 7) is 3.72. The smallest absolute Gasteiger partial charge is 0.231 e. The van der Waals surface area contributed by atoms with Crippen LogP contribution in [-0.2, 0) is 16.1 Å². The summed E-state index contributed by atoms with van der Waals surface area (Å²) >= 11 is 0. The second kappa shape index (κ2) is 7.09. The maximum absolute atomic E-state index is 12.5. The van der Waals surface area contributed by atoms with Gasteiger partial charge in [-0.2, -0.15) is 0 Å². The van der Waals surface area contributed by atoms with Crippen molar-refractivity contribution in [1.29, 1.82) is 0 Å². The fourth-order valence-corrected chi connectivity index (χ4v) is 3.15. The Bertz CT molecular complexity index is 633. The van der Waals surface area contributed by atoms with Gasteiger partial charge in [-0.15, -0.1) is 0 Å². The Morgan fingerprint density at radius 2 is 2.17 bits per heavy atom. The minimum Gasteiger partial charge on any atom is -0.454 e. The van der Waals surface area contributed by atoms with Crippen LogP contribution >= 0.6 is 0 Å². The van der Waals surface area contributed by atoms with Crippen LogP contribution in [0, 0.1) is 5.92 Å². The van der Waals surface area contributed by atoms with Gasteiger partial charge in [0.15, 0.2) is 11.5 Å². The van der Waals surface area contributed by atoms with E-state index in [0.29, 0.717) is 37.7 Å². The molecule has 1 unspecified atom stereocenters. The number of ether oxygens (including phenoxy) is 2. The molecule has 2 aliphatic heterocycles. The van der Waals surface area contributed by atoms with E-state index >= 15 is 0 Å². The van der Waals surface area contributed by atoms with Crippen LogP contribution in [0.25, 0.3) is 0 Å². The quantitative estimate of drug-likeness (QED) is 0.824. The van der Waals surface area contributed by atoms with E-state index in [1.54, 1.807) is 9.80 Å². The van der Waals surface area contributed by atoms with Gasteiger partial charge in [-0.3, -0.25) is 9.59 Å². The average Bonchev–Trinajstić information content (AvgIpc) is 3.18. The van der Waals surface area contributed by atoms with Gasteiger partial charge in [0.1, 0.15) is 0 Å². The highest BCUT2D eigenvalue weighted by atomic mass is 16.7. The Labute approximate surface area is 140 Å². The van der Waals surface area contributed by atoms with Crippen LogP contribution in [0.1, 0.15) is 18.9 Å². The monoisotopic (exact) mass is 334 g/mol. The number of amides is 2. The normalized spacial score (nSPS) is 19.0. The summed E-state index contributed by atoms with van der Waals surface area (Å²) in [5, 5.41) is 9.04. The largest absolute Gasteiger partial charge is 0.454 e. The van der Waals surface area contributed by atoms with Gasteiger partial charge in [-0.1, -0.05) is 6.07 Å². The van der Waals surface area contributed by atoms with Crippen molar-refractivity contribution in [2.24, 2.45) is 5.92 Å². The van der Waals surface area contributed by atoms with E-state index in [1.165, 1.54) is 0 Å². The Balaban J connectivity index is 1.63. The molecule has 130 valence electrons. The molecule has 3 rings (SSSR count). The first kappa shape index (κ1) is 16.6. The number of aliphatic hydroxyl groups excluding tert-OH is 1. The summed E-state index contributed by atoms with van der Waals surface area (Å²) in [5.74, 6) is 0.978. The molecule has 2 aliphatic rings. The SMILES string of the molecule is CCN(CCO)C(=O)C1CC(=O)N(Cc2ccc3c(c2)OCO3)C1. The molecule has 7 heteroatoms. The Morgan fingerprint density at radius 1 is 1.38 bits per heavy atom. The van der Waals surface area contributed by atoms with E-state index in [-0.39, 0.29) is 37.6 Å². The zero-order valence-electron chi connectivity index (χ0n) is 13.7. The summed E-state index contributed by atoms with van der Waals surface area (Å²) in [6.07, 6.45) is 0.227. The molecule has 0 aliphatic carbocycles. The number of likely N-dealkylation sites (tertiary alicyclic amines) is 1. The van der Waals surface area contributed by atoms with E-state index in [2.05, 4.69) is 0 Å². The number of carbonyl (C=O) groups is 2. The van der Waals surface area contributed by atoms with Gasteiger partial charge in [-0.25, -0.2) is 0 Å². The van der Waals surface area contributed by atoms with Crippen LogP contribution in [0.4, 0.5) is 0 Å². The van der Waals surface area contributed by atoms with Gasteiger partial charge < -0.3 is 24.4 Å². The van der Waals surface area contributed by atoms with Gasteiger partial charge in [0.05, 0.1) is 12.5 Å². The van der Waals surface area contributed by atoms with Crippen LogP contribution in [0.2, 0.25) is 0 Å². The molecule has 1 aromatic rings. The van der Waals surface area contributed by atoms with Crippen molar-refractivity contribution in [3.63, 3.8) is 0 Å². The summed E-state index contributed by atoms with van der Waals surface area (Å²) < 4.78 is 10.6. The van der Waals surface area contributed by atoms with Crippen LogP contribution in [0.5, 0.6) is 11.5 Å². The number of benzene rings is 1. The van der Waals surface area contributed by atoms with Gasteiger partial charge in [-0.05, 0) is 24.6 Å². The number of hydrogen-bond acceptors (Lipinski definition) is 5. The molecule has 24 heavy (non-hydrogen) atoms. The molecule has 0 spiro atoms. The summed E-state index contributed by atoms with van der Waals surface area (Å²) in [5.41, 5.74) is 0.948. The van der Waals surface area contributed by atoms with Gasteiger partial charge >= 0.3 is 0 Å². The number of aliphatic hydroxyl groups is 1. The maximum atomic E-state index is 12.5. The third-order valence-corrected chi connectivity index (χ3v) is 4.44. The molecule has 7 nitrogen and oxygen atoms in total. The fourth-order valence-electron chi connectivity index (χ4n) is 3.15. The number of rotatable bonds is 6. The summed E-state index contributed by atoms with van der Waals surface area (Å²) in [4.78, 5) is 28.0. The average molecular weight is 334 g/mol. The zero-order chi connectivity index (χ0) is 17.1. The number of likely N-dealkylation sites (N-methyl/N-ethyl adjacent to an activating group) is 1. The predicted molar refractivity (Wildman–Crippen MR) is 85.4 cm³/mol. The standard InChI is InChI=1S/C17H22N2O5/c1-2-18(5-6-20)17(22)13-8-16(21)19(10-13)9-12-3-4-14-15(7-12)24-11-23-14/h3-4,7,13,20H,2,5-6,8-11H2,1H3. The van der Waals surface area contributed by atoms with E-state index in [4.69, 9.17) is 14.6 Å². The number of hydrogen-bond donors (Lipinski definition) is 1. The highest BCUT2D eigenvalue weighted by Crippen LogP contribution is 2.33. The lowest BCUT2D eigenvalue weighted by Crippen LogP contribution is -2.39. The molecule has 0 bridgehead atoms. The van der Waals surface area contributed by atoms with Crippen LogP contribution in [0.15, 0.2) is 18.2 Å². The van der Waals surface area contributed by atoms with Crippen molar-refractivity contribution in [2.75, 3.05) is 33.0 Å². The molecule has 0 radical (unpaired) electrons. The summed E-state index contributed by atoms with van der Waals surface area (Å²) in [6, 6.07) is 5.61. The van der Waals surface area contributed by atoms with Crippen molar-refractivity contribution in [2.45, 2.75) is 19.9 Å². The summed E-state index contributed by atoms with van der Waals surface area (Å²) in [7, 11) is 0. The second-order valence-corrected chi connectivity index (χ2v) is 6.00. The van der Waals surface area contributed by atoms with E-state index in [9.17, 15) is 9.59 Å². The van der Waals surface area contributed by atoms with Gasteiger partial charge in [0.2, 0.25) is 18.6 Å². The van der Waals surface area contributed by atoms with Crippen LogP contribution < -0.4 is 9.47 Å². The first-order chi connectivity index (χ1) is 11.6. The van der Waals surface area contributed by atoms with Crippen molar-refractivity contribution >= 4 is 11.8 Å². The highest BCUT2D eigenvalue weighted by Gasteiger charge is 2.36. The van der Waals surface area contributed by atoms with E-state index in [1.807, 2.05) is 25.1 Å². The third kappa shape index (κ3) is 3.31. The lowest BCUT2D eigenvalue weighted by atomic mass is 10.1. The lowest BCUT2D eigenvalue weighted by Gasteiger charge is -2.23. The maximum Gasteiger partial charge on any atom is 0.231 e. The Kier molecular flexibility index (Phi) is 4.89.